The number of halogens is 3. The number of hydrogen-bond donors (Lipinski definition) is 1. The average Bonchev–Trinajstić information content (AvgIpc) is 2.31. The molecule has 0 spiro atoms. The molecule has 0 aliphatic rings. The summed E-state index contributed by atoms with van der Waals surface area (Å²) in [6.45, 7) is 4.49. The van der Waals surface area contributed by atoms with Gasteiger partial charge in [-0.1, -0.05) is 0 Å². The minimum absolute atomic E-state index is 0.164. The Kier molecular flexibility index (Phi) is 5.79. The van der Waals surface area contributed by atoms with E-state index in [1.165, 1.54) is 0 Å². The molecule has 108 valence electrons. The maximum Gasteiger partial charge on any atom is 0.390 e. The third-order valence-corrected chi connectivity index (χ3v) is 2.28. The van der Waals surface area contributed by atoms with E-state index in [4.69, 9.17) is 9.47 Å². The second kappa shape index (κ2) is 7.11. The van der Waals surface area contributed by atoms with Crippen LogP contribution in [0.15, 0.2) is 18.2 Å². The van der Waals surface area contributed by atoms with Crippen LogP contribution < -0.4 is 14.8 Å². The third-order valence-electron chi connectivity index (χ3n) is 2.28. The minimum Gasteiger partial charge on any atom is -0.490 e. The fourth-order valence-electron chi connectivity index (χ4n) is 1.51. The molecule has 0 radical (unpaired) electrons. The zero-order valence-electron chi connectivity index (χ0n) is 11.0. The fourth-order valence-corrected chi connectivity index (χ4v) is 1.51. The van der Waals surface area contributed by atoms with Crippen molar-refractivity contribution >= 4 is 5.69 Å². The van der Waals surface area contributed by atoms with Crippen LogP contribution in [0.5, 0.6) is 11.5 Å². The van der Waals surface area contributed by atoms with Crippen LogP contribution >= 0.6 is 0 Å². The molecule has 1 aromatic rings. The molecule has 0 fully saturated rings. The second-order valence-corrected chi connectivity index (χ2v) is 3.82. The SMILES string of the molecule is CCOc1ccc(NCCC(F)(F)F)cc1OCC. The van der Waals surface area contributed by atoms with E-state index in [1.807, 2.05) is 13.8 Å². The maximum absolute atomic E-state index is 12.0. The lowest BCUT2D eigenvalue weighted by atomic mass is 10.2. The van der Waals surface area contributed by atoms with Crippen molar-refractivity contribution in [2.75, 3.05) is 25.1 Å². The van der Waals surface area contributed by atoms with Crippen LogP contribution in [0.2, 0.25) is 0 Å². The fraction of sp³-hybridized carbons (Fsp3) is 0.538. The lowest BCUT2D eigenvalue weighted by Gasteiger charge is -2.14. The maximum atomic E-state index is 12.0. The Morgan fingerprint density at radius 1 is 1.05 bits per heavy atom. The summed E-state index contributed by atoms with van der Waals surface area (Å²) in [5.74, 6) is 1.12. The molecule has 0 aliphatic carbocycles. The molecule has 1 aromatic carbocycles. The topological polar surface area (TPSA) is 30.5 Å². The second-order valence-electron chi connectivity index (χ2n) is 3.82. The molecule has 3 nitrogen and oxygen atoms in total. The van der Waals surface area contributed by atoms with Crippen molar-refractivity contribution in [2.45, 2.75) is 26.4 Å². The zero-order chi connectivity index (χ0) is 14.3. The summed E-state index contributed by atoms with van der Waals surface area (Å²) in [6, 6.07) is 5.00. The van der Waals surface area contributed by atoms with Crippen LogP contribution in [0.25, 0.3) is 0 Å². The van der Waals surface area contributed by atoms with Gasteiger partial charge in [0, 0.05) is 18.3 Å². The van der Waals surface area contributed by atoms with Crippen molar-refractivity contribution in [3.63, 3.8) is 0 Å². The average molecular weight is 277 g/mol. The molecule has 19 heavy (non-hydrogen) atoms. The van der Waals surface area contributed by atoms with Crippen LogP contribution in [0.4, 0.5) is 18.9 Å². The molecule has 6 heteroatoms. The van der Waals surface area contributed by atoms with E-state index in [2.05, 4.69) is 5.32 Å². The van der Waals surface area contributed by atoms with Gasteiger partial charge in [0.05, 0.1) is 19.6 Å². The molecule has 0 bridgehead atoms. The highest BCUT2D eigenvalue weighted by Gasteiger charge is 2.26. The van der Waals surface area contributed by atoms with E-state index in [1.54, 1.807) is 18.2 Å². The molecule has 0 aromatic heterocycles. The van der Waals surface area contributed by atoms with Crippen LogP contribution in [-0.4, -0.2) is 25.9 Å². The van der Waals surface area contributed by atoms with Gasteiger partial charge < -0.3 is 14.8 Å². The highest BCUT2D eigenvalue weighted by Crippen LogP contribution is 2.30. The van der Waals surface area contributed by atoms with Gasteiger partial charge in [0.2, 0.25) is 0 Å². The number of alkyl halides is 3. The highest BCUT2D eigenvalue weighted by molar-refractivity contribution is 5.54. The molecule has 0 aliphatic heterocycles. The van der Waals surface area contributed by atoms with Gasteiger partial charge in [-0.05, 0) is 26.0 Å². The molecule has 0 saturated heterocycles. The predicted molar refractivity (Wildman–Crippen MR) is 67.9 cm³/mol. The molecule has 1 rings (SSSR count). The minimum atomic E-state index is -4.15. The molecule has 0 amide bonds. The summed E-state index contributed by atoms with van der Waals surface area (Å²) in [5, 5.41) is 2.71. The summed E-state index contributed by atoms with van der Waals surface area (Å²) in [6.07, 6.45) is -5.02. The quantitative estimate of drug-likeness (QED) is 0.821. The Labute approximate surface area is 110 Å². The van der Waals surface area contributed by atoms with Crippen molar-refractivity contribution < 1.29 is 22.6 Å². The Balaban J connectivity index is 2.66. The third kappa shape index (κ3) is 5.72. The Bertz CT molecular complexity index is 394. The van der Waals surface area contributed by atoms with Gasteiger partial charge in [-0.2, -0.15) is 13.2 Å². The van der Waals surface area contributed by atoms with Crippen molar-refractivity contribution in [2.24, 2.45) is 0 Å². The van der Waals surface area contributed by atoms with Gasteiger partial charge in [-0.25, -0.2) is 0 Å². The smallest absolute Gasteiger partial charge is 0.390 e. The number of rotatable bonds is 7. The van der Waals surface area contributed by atoms with Gasteiger partial charge in [0.25, 0.3) is 0 Å². The lowest BCUT2D eigenvalue weighted by Crippen LogP contribution is -2.14. The molecule has 0 unspecified atom stereocenters. The van der Waals surface area contributed by atoms with E-state index >= 15 is 0 Å². The summed E-state index contributed by atoms with van der Waals surface area (Å²) in [4.78, 5) is 0. The first-order chi connectivity index (χ1) is 8.96. The van der Waals surface area contributed by atoms with Gasteiger partial charge in [0.1, 0.15) is 0 Å². The first kappa shape index (κ1) is 15.5. The van der Waals surface area contributed by atoms with E-state index < -0.39 is 12.6 Å². The van der Waals surface area contributed by atoms with Gasteiger partial charge in [-0.3, -0.25) is 0 Å². The van der Waals surface area contributed by atoms with Crippen LogP contribution in [0, 0.1) is 0 Å². The number of nitrogens with one attached hydrogen (secondary N) is 1. The largest absolute Gasteiger partial charge is 0.490 e. The summed E-state index contributed by atoms with van der Waals surface area (Å²) < 4.78 is 46.9. The molecule has 0 saturated carbocycles. The first-order valence-electron chi connectivity index (χ1n) is 6.16. The van der Waals surface area contributed by atoms with Crippen LogP contribution in [-0.2, 0) is 0 Å². The van der Waals surface area contributed by atoms with Crippen LogP contribution in [0.1, 0.15) is 20.3 Å². The van der Waals surface area contributed by atoms with Gasteiger partial charge in [-0.15, -0.1) is 0 Å². The van der Waals surface area contributed by atoms with E-state index in [0.29, 0.717) is 30.4 Å². The number of ether oxygens (including phenoxy) is 2. The van der Waals surface area contributed by atoms with E-state index in [9.17, 15) is 13.2 Å². The summed E-state index contributed by atoms with van der Waals surface area (Å²) in [5.41, 5.74) is 0.580. The monoisotopic (exact) mass is 277 g/mol. The van der Waals surface area contributed by atoms with Gasteiger partial charge in [0.15, 0.2) is 11.5 Å². The zero-order valence-corrected chi connectivity index (χ0v) is 11.0. The molecular formula is C13H18F3NO2. The molecule has 0 atom stereocenters. The number of anilines is 1. The standard InChI is InChI=1S/C13H18F3NO2/c1-3-18-11-6-5-10(9-12(11)19-4-2)17-8-7-13(14,15)16/h5-6,9,17H,3-4,7-8H2,1-2H3. The van der Waals surface area contributed by atoms with Crippen molar-refractivity contribution in [1.82, 2.24) is 0 Å². The van der Waals surface area contributed by atoms with Crippen LogP contribution in [0.3, 0.4) is 0 Å². The lowest BCUT2D eigenvalue weighted by molar-refractivity contribution is -0.131. The van der Waals surface area contributed by atoms with Crippen molar-refractivity contribution in [3.8, 4) is 11.5 Å². The van der Waals surface area contributed by atoms with E-state index in [0.717, 1.165) is 0 Å². The van der Waals surface area contributed by atoms with E-state index in [-0.39, 0.29) is 6.54 Å². The highest BCUT2D eigenvalue weighted by atomic mass is 19.4. The number of hydrogen-bond acceptors (Lipinski definition) is 3. The number of benzene rings is 1. The summed E-state index contributed by atoms with van der Waals surface area (Å²) in [7, 11) is 0. The normalized spacial score (nSPS) is 11.2. The molecular weight excluding hydrogens is 259 g/mol. The predicted octanol–water partition coefficient (Wildman–Crippen LogP) is 3.85. The Morgan fingerprint density at radius 2 is 1.68 bits per heavy atom. The van der Waals surface area contributed by atoms with Crippen molar-refractivity contribution in [1.29, 1.82) is 0 Å². The van der Waals surface area contributed by atoms with Gasteiger partial charge >= 0.3 is 6.18 Å². The molecule has 0 heterocycles. The summed E-state index contributed by atoms with van der Waals surface area (Å²) >= 11 is 0. The Morgan fingerprint density at radius 3 is 2.26 bits per heavy atom. The Hall–Kier alpha value is -1.59. The first-order valence-corrected chi connectivity index (χ1v) is 6.16. The van der Waals surface area contributed by atoms with Crippen molar-refractivity contribution in [3.05, 3.63) is 18.2 Å². The molecule has 1 N–H and O–H groups in total.